The Morgan fingerprint density at radius 1 is 1.00 bits per heavy atom. The molecular weight excluding hydrogens is 302 g/mol. The fourth-order valence-electron chi connectivity index (χ4n) is 3.31. The van der Waals surface area contributed by atoms with Gasteiger partial charge in [-0.1, -0.05) is 30.3 Å². The van der Waals surface area contributed by atoms with E-state index in [1.165, 1.54) is 0 Å². The zero-order valence-corrected chi connectivity index (χ0v) is 13.4. The summed E-state index contributed by atoms with van der Waals surface area (Å²) in [5.41, 5.74) is 1.40. The van der Waals surface area contributed by atoms with Gasteiger partial charge in [-0.05, 0) is 49.1 Å². The normalized spacial score (nSPS) is 18.5. The van der Waals surface area contributed by atoms with Gasteiger partial charge in [0.05, 0.1) is 5.41 Å². The van der Waals surface area contributed by atoms with Gasteiger partial charge in [-0.15, -0.1) is 0 Å². The van der Waals surface area contributed by atoms with Crippen LogP contribution < -0.4 is 9.64 Å². The fourth-order valence-corrected chi connectivity index (χ4v) is 3.31. The van der Waals surface area contributed by atoms with Crippen LogP contribution in [-0.2, 0) is 15.0 Å². The lowest BCUT2D eigenvalue weighted by Gasteiger charge is -2.17. The van der Waals surface area contributed by atoms with Crippen molar-refractivity contribution in [2.75, 3.05) is 11.4 Å². The molecule has 1 saturated carbocycles. The average Bonchev–Trinajstić information content (AvgIpc) is 3.33. The number of anilines is 1. The molecule has 1 aliphatic carbocycles. The summed E-state index contributed by atoms with van der Waals surface area (Å²) in [6, 6.07) is 17.0. The van der Waals surface area contributed by atoms with Crippen LogP contribution in [0.4, 0.5) is 5.69 Å². The number of ether oxygens (including phenoxy) is 1. The Labute approximate surface area is 141 Å². The number of hydrogen-bond donors (Lipinski definition) is 0. The predicted octanol–water partition coefficient (Wildman–Crippen LogP) is 3.45. The van der Waals surface area contributed by atoms with Crippen molar-refractivity contribution in [2.24, 2.45) is 0 Å². The predicted molar refractivity (Wildman–Crippen MR) is 91.0 cm³/mol. The van der Waals surface area contributed by atoms with Crippen LogP contribution in [0.2, 0.25) is 0 Å². The summed E-state index contributed by atoms with van der Waals surface area (Å²) >= 11 is 0. The van der Waals surface area contributed by atoms with E-state index in [1.807, 2.05) is 42.5 Å². The van der Waals surface area contributed by atoms with Gasteiger partial charge in [0.15, 0.2) is 0 Å². The minimum absolute atomic E-state index is 0.153. The summed E-state index contributed by atoms with van der Waals surface area (Å²) < 4.78 is 5.60. The van der Waals surface area contributed by atoms with Crippen LogP contribution in [0.25, 0.3) is 0 Å². The van der Waals surface area contributed by atoms with E-state index in [4.69, 9.17) is 4.74 Å². The first kappa shape index (κ1) is 14.9. The maximum atomic E-state index is 12.6. The second-order valence-electron chi connectivity index (χ2n) is 6.48. The van der Waals surface area contributed by atoms with Crippen LogP contribution in [0.15, 0.2) is 54.6 Å². The van der Waals surface area contributed by atoms with E-state index in [0.29, 0.717) is 12.2 Å². The smallest absolute Gasteiger partial charge is 0.321 e. The van der Waals surface area contributed by atoms with Gasteiger partial charge in [-0.3, -0.25) is 9.59 Å². The average molecular weight is 321 g/mol. The number of nitrogens with zero attached hydrogens (tertiary/aromatic N) is 1. The number of hydrogen-bond acceptors (Lipinski definition) is 3. The number of amides is 1. The van der Waals surface area contributed by atoms with E-state index < -0.39 is 5.41 Å². The highest BCUT2D eigenvalue weighted by Crippen LogP contribution is 2.49. The van der Waals surface area contributed by atoms with E-state index >= 15 is 0 Å². The van der Waals surface area contributed by atoms with Crippen molar-refractivity contribution < 1.29 is 14.3 Å². The standard InChI is InChI=1S/C20H19NO3/c22-18-7-4-14-21(18)16-8-10-17(11-9-16)24-19(23)20(12-13-20)15-5-2-1-3-6-15/h1-3,5-6,8-11H,4,7,12-14H2. The Bertz CT molecular complexity index is 763. The first-order valence-corrected chi connectivity index (χ1v) is 8.37. The van der Waals surface area contributed by atoms with Gasteiger partial charge in [0, 0.05) is 18.7 Å². The molecule has 2 aromatic carbocycles. The molecule has 0 radical (unpaired) electrons. The first-order valence-electron chi connectivity index (χ1n) is 8.37. The molecule has 4 heteroatoms. The molecule has 4 nitrogen and oxygen atoms in total. The molecule has 122 valence electrons. The lowest BCUT2D eigenvalue weighted by atomic mass is 9.96. The molecule has 0 aromatic heterocycles. The second-order valence-corrected chi connectivity index (χ2v) is 6.48. The Morgan fingerprint density at radius 2 is 1.71 bits per heavy atom. The highest BCUT2D eigenvalue weighted by molar-refractivity contribution is 5.95. The Hall–Kier alpha value is -2.62. The maximum Gasteiger partial charge on any atom is 0.321 e. The molecule has 0 atom stereocenters. The van der Waals surface area contributed by atoms with Gasteiger partial charge >= 0.3 is 5.97 Å². The van der Waals surface area contributed by atoms with Crippen LogP contribution in [-0.4, -0.2) is 18.4 Å². The van der Waals surface area contributed by atoms with Crippen molar-refractivity contribution in [1.29, 1.82) is 0 Å². The van der Waals surface area contributed by atoms with Gasteiger partial charge in [-0.25, -0.2) is 0 Å². The number of rotatable bonds is 4. The van der Waals surface area contributed by atoms with E-state index in [-0.39, 0.29) is 11.9 Å². The van der Waals surface area contributed by atoms with Gasteiger partial charge in [0.1, 0.15) is 5.75 Å². The van der Waals surface area contributed by atoms with Crippen molar-refractivity contribution in [1.82, 2.24) is 0 Å². The molecule has 1 heterocycles. The van der Waals surface area contributed by atoms with Crippen LogP contribution >= 0.6 is 0 Å². The Morgan fingerprint density at radius 3 is 2.29 bits per heavy atom. The number of benzene rings is 2. The zero-order valence-electron chi connectivity index (χ0n) is 13.4. The monoisotopic (exact) mass is 321 g/mol. The summed E-state index contributed by atoms with van der Waals surface area (Å²) in [4.78, 5) is 26.2. The molecule has 0 bridgehead atoms. The SMILES string of the molecule is O=C1CCCN1c1ccc(OC(=O)C2(c3ccccc3)CC2)cc1. The van der Waals surface area contributed by atoms with Crippen molar-refractivity contribution in [2.45, 2.75) is 31.1 Å². The van der Waals surface area contributed by atoms with Crippen molar-refractivity contribution >= 4 is 17.6 Å². The van der Waals surface area contributed by atoms with Crippen LogP contribution in [0, 0.1) is 0 Å². The molecule has 24 heavy (non-hydrogen) atoms. The largest absolute Gasteiger partial charge is 0.426 e. The van der Waals surface area contributed by atoms with Crippen molar-refractivity contribution in [3.63, 3.8) is 0 Å². The minimum Gasteiger partial charge on any atom is -0.426 e. The number of esters is 1. The summed E-state index contributed by atoms with van der Waals surface area (Å²) in [5, 5.41) is 0. The third kappa shape index (κ3) is 2.58. The van der Waals surface area contributed by atoms with E-state index in [1.54, 1.807) is 17.0 Å². The van der Waals surface area contributed by atoms with E-state index in [9.17, 15) is 9.59 Å². The number of carbonyl (C=O) groups excluding carboxylic acids is 2. The summed E-state index contributed by atoms with van der Waals surface area (Å²) in [5.74, 6) is 0.483. The molecule has 1 aliphatic heterocycles. The van der Waals surface area contributed by atoms with Crippen LogP contribution in [0.5, 0.6) is 5.75 Å². The Kier molecular flexibility index (Phi) is 3.60. The van der Waals surface area contributed by atoms with Gasteiger partial charge in [0.25, 0.3) is 0 Å². The molecule has 2 fully saturated rings. The molecule has 2 aromatic rings. The third-order valence-corrected chi connectivity index (χ3v) is 4.90. The second kappa shape index (κ2) is 5.78. The van der Waals surface area contributed by atoms with Gasteiger partial charge in [-0.2, -0.15) is 0 Å². The summed E-state index contributed by atoms with van der Waals surface area (Å²) in [6.45, 7) is 0.759. The third-order valence-electron chi connectivity index (χ3n) is 4.90. The molecule has 4 rings (SSSR count). The van der Waals surface area contributed by atoms with Crippen LogP contribution in [0.1, 0.15) is 31.2 Å². The number of carbonyl (C=O) groups is 2. The molecule has 0 N–H and O–H groups in total. The minimum atomic E-state index is -0.481. The summed E-state index contributed by atoms with van der Waals surface area (Å²) in [7, 11) is 0. The van der Waals surface area contributed by atoms with Gasteiger partial charge < -0.3 is 9.64 Å². The highest BCUT2D eigenvalue weighted by Gasteiger charge is 2.52. The molecular formula is C20H19NO3. The highest BCUT2D eigenvalue weighted by atomic mass is 16.5. The topological polar surface area (TPSA) is 46.6 Å². The maximum absolute atomic E-state index is 12.6. The van der Waals surface area contributed by atoms with Crippen molar-refractivity contribution in [3.8, 4) is 5.75 Å². The molecule has 2 aliphatic rings. The lowest BCUT2D eigenvalue weighted by Crippen LogP contribution is -2.26. The summed E-state index contributed by atoms with van der Waals surface area (Å²) in [6.07, 6.45) is 3.16. The zero-order chi connectivity index (χ0) is 16.6. The fraction of sp³-hybridized carbons (Fsp3) is 0.300. The van der Waals surface area contributed by atoms with Crippen LogP contribution in [0.3, 0.4) is 0 Å². The molecule has 1 amide bonds. The Balaban J connectivity index is 1.48. The lowest BCUT2D eigenvalue weighted by molar-refractivity contribution is -0.137. The van der Waals surface area contributed by atoms with Gasteiger partial charge in [0.2, 0.25) is 5.91 Å². The van der Waals surface area contributed by atoms with E-state index in [0.717, 1.165) is 37.1 Å². The van der Waals surface area contributed by atoms with Crippen molar-refractivity contribution in [3.05, 3.63) is 60.2 Å². The van der Waals surface area contributed by atoms with E-state index in [2.05, 4.69) is 0 Å². The molecule has 0 unspecified atom stereocenters. The first-order chi connectivity index (χ1) is 11.7. The quantitative estimate of drug-likeness (QED) is 0.640. The molecule has 1 saturated heterocycles. The molecule has 0 spiro atoms.